The Labute approximate surface area is 258 Å². The van der Waals surface area contributed by atoms with E-state index in [-0.39, 0.29) is 24.6 Å². The van der Waals surface area contributed by atoms with Gasteiger partial charge in [-0.25, -0.2) is 4.98 Å². The largest absolute Gasteiger partial charge is 0.494 e. The van der Waals surface area contributed by atoms with Gasteiger partial charge in [0.2, 0.25) is 5.91 Å². The molecule has 230 valence electrons. The van der Waals surface area contributed by atoms with E-state index in [9.17, 15) is 22.8 Å². The normalized spacial score (nSPS) is 15.2. The molecule has 0 atom stereocenters. The highest BCUT2D eigenvalue weighted by molar-refractivity contribution is 7.99. The summed E-state index contributed by atoms with van der Waals surface area (Å²) in [5.74, 6) is 0.345. The number of unbranched alkanes of at least 4 members (excludes halogenated alkanes) is 2. The summed E-state index contributed by atoms with van der Waals surface area (Å²) in [6, 6.07) is 12.2. The van der Waals surface area contributed by atoms with Crippen molar-refractivity contribution >= 4 is 30.3 Å². The van der Waals surface area contributed by atoms with Gasteiger partial charge in [0, 0.05) is 23.1 Å². The minimum Gasteiger partial charge on any atom is -0.494 e. The molecule has 0 bridgehead atoms. The molecule has 2 aromatic carbocycles. The van der Waals surface area contributed by atoms with E-state index in [1.165, 1.54) is 18.6 Å². The van der Waals surface area contributed by atoms with Crippen molar-refractivity contribution in [3.63, 3.8) is 0 Å². The molecule has 3 aromatic rings. The molecule has 0 radical (unpaired) electrons. The first-order valence-corrected chi connectivity index (χ1v) is 15.9. The number of alkyl halides is 3. The third kappa shape index (κ3) is 8.16. The first-order valence-electron chi connectivity index (χ1n) is 14.6. The average molecular weight is 633 g/mol. The van der Waals surface area contributed by atoms with E-state index in [1.807, 2.05) is 24.3 Å². The highest BCUT2D eigenvalue weighted by atomic mass is 32.2. The number of nitrogens with zero attached hydrogens (tertiary/aromatic N) is 3. The lowest BCUT2D eigenvalue weighted by Crippen LogP contribution is -2.44. The average Bonchev–Trinajstić information content (AvgIpc) is 2.96. The number of carbonyl (C=O) groups excluding carboxylic acids is 1. The zero-order valence-corrected chi connectivity index (χ0v) is 25.4. The molecule has 5 rings (SSSR count). The summed E-state index contributed by atoms with van der Waals surface area (Å²) in [4.78, 5) is 34.2. The maximum atomic E-state index is 13.8. The first-order chi connectivity index (χ1) is 20.7. The standard InChI is InChI=1S/C31H35F3N4O3S2/c32-31(33,34)21-10-12-23(13-11-21)41-17-3-1-2-15-35-19-28(39)37-16-14-27-26(20-37)29(40)38(22-6-4-7-24(42)18-22)30(36-27)43-25-8-5-9-25/h4,6-7,10-13,18,25,35,42H,1-3,5,8-9,14-17,19-20H2. The Morgan fingerprint density at radius 1 is 1.12 bits per heavy atom. The van der Waals surface area contributed by atoms with E-state index in [2.05, 4.69) is 17.9 Å². The van der Waals surface area contributed by atoms with Crippen molar-refractivity contribution in [2.75, 3.05) is 26.2 Å². The van der Waals surface area contributed by atoms with E-state index >= 15 is 0 Å². The first kappa shape index (κ1) is 31.5. The number of halogens is 3. The number of hydrogen-bond acceptors (Lipinski definition) is 7. The van der Waals surface area contributed by atoms with Gasteiger partial charge in [-0.3, -0.25) is 14.2 Å². The minimum atomic E-state index is -4.36. The van der Waals surface area contributed by atoms with Gasteiger partial charge < -0.3 is 15.0 Å². The van der Waals surface area contributed by atoms with Gasteiger partial charge in [0.1, 0.15) is 5.75 Å². The Kier molecular flexibility index (Phi) is 10.4. The van der Waals surface area contributed by atoms with Gasteiger partial charge in [-0.15, -0.1) is 12.6 Å². The molecule has 1 N–H and O–H groups in total. The lowest BCUT2D eigenvalue weighted by atomic mass is 10.0. The Morgan fingerprint density at radius 2 is 1.91 bits per heavy atom. The van der Waals surface area contributed by atoms with Crippen molar-refractivity contribution in [3.05, 3.63) is 75.7 Å². The highest BCUT2D eigenvalue weighted by Crippen LogP contribution is 2.36. The van der Waals surface area contributed by atoms with Crippen LogP contribution in [0, 0.1) is 0 Å². The second-order valence-corrected chi connectivity index (χ2v) is 12.6. The Hall–Kier alpha value is -2.96. The van der Waals surface area contributed by atoms with Crippen LogP contribution < -0.4 is 15.6 Å². The van der Waals surface area contributed by atoms with Crippen LogP contribution in [0.5, 0.6) is 5.75 Å². The van der Waals surface area contributed by atoms with Gasteiger partial charge in [0.05, 0.1) is 42.2 Å². The van der Waals surface area contributed by atoms with Crippen LogP contribution in [0.1, 0.15) is 55.3 Å². The van der Waals surface area contributed by atoms with Gasteiger partial charge >= 0.3 is 6.18 Å². The fourth-order valence-corrected chi connectivity index (χ4v) is 6.55. The van der Waals surface area contributed by atoms with E-state index < -0.39 is 11.7 Å². The molecule has 0 spiro atoms. The number of amides is 1. The molecule has 2 heterocycles. The zero-order valence-electron chi connectivity index (χ0n) is 23.7. The summed E-state index contributed by atoms with van der Waals surface area (Å²) in [6.07, 6.45) is 2.04. The molecule has 0 unspecified atom stereocenters. The highest BCUT2D eigenvalue weighted by Gasteiger charge is 2.30. The number of benzene rings is 2. The number of hydrogen-bond donors (Lipinski definition) is 2. The number of aromatic nitrogens is 2. The molecule has 1 amide bonds. The summed E-state index contributed by atoms with van der Waals surface area (Å²) >= 11 is 6.13. The maximum absolute atomic E-state index is 13.8. The number of thioether (sulfide) groups is 1. The Bertz CT molecular complexity index is 1480. The SMILES string of the molecule is O=C(CNCCCCCOc1ccc(C(F)(F)F)cc1)N1CCc2nc(SC3CCC3)n(-c3cccc(S)c3)c(=O)c2C1. The maximum Gasteiger partial charge on any atom is 0.416 e. The summed E-state index contributed by atoms with van der Waals surface area (Å²) in [7, 11) is 0. The number of rotatable bonds is 12. The predicted octanol–water partition coefficient (Wildman–Crippen LogP) is 5.91. The molecular formula is C31H35F3N4O3S2. The molecule has 12 heteroatoms. The molecule has 43 heavy (non-hydrogen) atoms. The minimum absolute atomic E-state index is 0.0625. The number of carbonyl (C=O) groups is 1. The summed E-state index contributed by atoms with van der Waals surface area (Å²) in [5, 5.41) is 4.36. The molecule has 1 fully saturated rings. The van der Waals surface area contributed by atoms with Crippen molar-refractivity contribution in [3.8, 4) is 11.4 Å². The van der Waals surface area contributed by atoms with Crippen molar-refractivity contribution in [1.29, 1.82) is 0 Å². The van der Waals surface area contributed by atoms with Crippen LogP contribution >= 0.6 is 24.4 Å². The molecular weight excluding hydrogens is 597 g/mol. The fraction of sp³-hybridized carbons (Fsp3) is 0.452. The van der Waals surface area contributed by atoms with E-state index in [0.29, 0.717) is 47.8 Å². The second-order valence-electron chi connectivity index (χ2n) is 10.8. The molecule has 1 saturated carbocycles. The topological polar surface area (TPSA) is 76.5 Å². The summed E-state index contributed by atoms with van der Waals surface area (Å²) in [6.45, 7) is 1.98. The van der Waals surface area contributed by atoms with Crippen LogP contribution in [0.25, 0.3) is 5.69 Å². The number of nitrogens with one attached hydrogen (secondary N) is 1. The van der Waals surface area contributed by atoms with Crippen molar-refractivity contribution in [2.45, 2.75) is 73.0 Å². The molecule has 7 nitrogen and oxygen atoms in total. The number of ether oxygens (including phenoxy) is 1. The van der Waals surface area contributed by atoms with Crippen LogP contribution in [0.4, 0.5) is 13.2 Å². The van der Waals surface area contributed by atoms with Crippen molar-refractivity contribution in [2.24, 2.45) is 0 Å². The van der Waals surface area contributed by atoms with Gasteiger partial charge in [0.15, 0.2) is 5.16 Å². The molecule has 2 aliphatic rings. The van der Waals surface area contributed by atoms with Crippen LogP contribution in [-0.4, -0.2) is 51.8 Å². The van der Waals surface area contributed by atoms with E-state index in [0.717, 1.165) is 60.5 Å². The van der Waals surface area contributed by atoms with Gasteiger partial charge in [-0.1, -0.05) is 24.2 Å². The van der Waals surface area contributed by atoms with Gasteiger partial charge in [0.25, 0.3) is 5.56 Å². The molecule has 1 aromatic heterocycles. The zero-order chi connectivity index (χ0) is 30.4. The third-order valence-electron chi connectivity index (χ3n) is 7.69. The smallest absolute Gasteiger partial charge is 0.416 e. The number of fused-ring (bicyclic) bond motifs is 1. The third-order valence-corrected chi connectivity index (χ3v) is 9.26. The lowest BCUT2D eigenvalue weighted by molar-refractivity contribution is -0.137. The van der Waals surface area contributed by atoms with Crippen LogP contribution in [-0.2, 0) is 23.9 Å². The molecule has 1 aliphatic heterocycles. The predicted molar refractivity (Wildman–Crippen MR) is 163 cm³/mol. The van der Waals surface area contributed by atoms with Gasteiger partial charge in [-0.05, 0) is 81.1 Å². The van der Waals surface area contributed by atoms with Crippen LogP contribution in [0.3, 0.4) is 0 Å². The summed E-state index contributed by atoms with van der Waals surface area (Å²) in [5.41, 5.74) is 1.24. The van der Waals surface area contributed by atoms with Crippen LogP contribution in [0.15, 0.2) is 63.4 Å². The van der Waals surface area contributed by atoms with Crippen LogP contribution in [0.2, 0.25) is 0 Å². The molecule has 1 aliphatic carbocycles. The van der Waals surface area contributed by atoms with E-state index in [1.54, 1.807) is 21.2 Å². The Morgan fingerprint density at radius 3 is 2.60 bits per heavy atom. The Balaban J connectivity index is 1.09. The molecule has 0 saturated heterocycles. The van der Waals surface area contributed by atoms with E-state index in [4.69, 9.17) is 9.72 Å². The van der Waals surface area contributed by atoms with Crippen molar-refractivity contribution < 1.29 is 22.7 Å². The van der Waals surface area contributed by atoms with Crippen molar-refractivity contribution in [1.82, 2.24) is 19.8 Å². The van der Waals surface area contributed by atoms with Gasteiger partial charge in [-0.2, -0.15) is 13.2 Å². The lowest BCUT2D eigenvalue weighted by Gasteiger charge is -2.30. The fourth-order valence-electron chi connectivity index (χ4n) is 5.01. The second kappa shape index (κ2) is 14.2. The number of thiol groups is 1. The quantitative estimate of drug-likeness (QED) is 0.147. The monoisotopic (exact) mass is 632 g/mol. The summed E-state index contributed by atoms with van der Waals surface area (Å²) < 4.78 is 45.2.